The molecule has 2 aromatic rings. The largest absolute Gasteiger partial charge is 0.371 e. The summed E-state index contributed by atoms with van der Waals surface area (Å²) in [5.74, 6) is 1.63. The summed E-state index contributed by atoms with van der Waals surface area (Å²) in [4.78, 5) is 2.59. The molecule has 2 unspecified atom stereocenters. The zero-order valence-electron chi connectivity index (χ0n) is 22.1. The Labute approximate surface area is 209 Å². The molecule has 0 bridgehead atoms. The lowest BCUT2D eigenvalue weighted by atomic mass is 9.59. The van der Waals surface area contributed by atoms with E-state index < -0.39 is 0 Å². The second kappa shape index (κ2) is 11.6. The van der Waals surface area contributed by atoms with Crippen molar-refractivity contribution in [2.75, 3.05) is 13.1 Å². The number of aryl methyl sites for hydroxylation is 2. The van der Waals surface area contributed by atoms with Crippen molar-refractivity contribution >= 4 is 5.70 Å². The number of rotatable bonds is 9. The van der Waals surface area contributed by atoms with E-state index in [1.165, 1.54) is 86.6 Å². The highest BCUT2D eigenvalue weighted by atomic mass is 15.1. The lowest BCUT2D eigenvalue weighted by Crippen LogP contribution is -2.43. The van der Waals surface area contributed by atoms with E-state index >= 15 is 0 Å². The van der Waals surface area contributed by atoms with Crippen LogP contribution in [-0.4, -0.2) is 18.0 Å². The average Bonchev–Trinajstić information content (AvgIpc) is 2.88. The molecule has 1 spiro atoms. The van der Waals surface area contributed by atoms with Crippen molar-refractivity contribution in [2.24, 2.45) is 11.3 Å². The predicted octanol–water partition coefficient (Wildman–Crippen LogP) is 9.03. The molecule has 4 rings (SSSR count). The van der Waals surface area contributed by atoms with Gasteiger partial charge in [-0.15, -0.1) is 0 Å². The minimum Gasteiger partial charge on any atom is -0.371 e. The number of hydrogen-bond acceptors (Lipinski definition) is 1. The Morgan fingerprint density at radius 2 is 1.71 bits per heavy atom. The summed E-state index contributed by atoms with van der Waals surface area (Å²) in [6.07, 6.45) is 14.4. The molecule has 34 heavy (non-hydrogen) atoms. The van der Waals surface area contributed by atoms with E-state index in [1.54, 1.807) is 5.56 Å². The first-order valence-electron chi connectivity index (χ1n) is 14.2. The summed E-state index contributed by atoms with van der Waals surface area (Å²) in [7, 11) is 0. The average molecular weight is 458 g/mol. The van der Waals surface area contributed by atoms with Crippen LogP contribution >= 0.6 is 0 Å². The number of benzene rings is 2. The fraction of sp³-hybridized carbons (Fsp3) is 0.576. The summed E-state index contributed by atoms with van der Waals surface area (Å²) < 4.78 is 0. The highest BCUT2D eigenvalue weighted by Crippen LogP contribution is 2.53. The maximum absolute atomic E-state index is 4.58. The van der Waals surface area contributed by atoms with E-state index in [0.29, 0.717) is 5.41 Å². The predicted molar refractivity (Wildman–Crippen MR) is 148 cm³/mol. The Hall–Kier alpha value is -2.02. The molecule has 0 aromatic heterocycles. The van der Waals surface area contributed by atoms with Gasteiger partial charge in [0.05, 0.1) is 0 Å². The summed E-state index contributed by atoms with van der Waals surface area (Å²) >= 11 is 0. The monoisotopic (exact) mass is 457 g/mol. The van der Waals surface area contributed by atoms with Crippen molar-refractivity contribution in [2.45, 2.75) is 97.3 Å². The van der Waals surface area contributed by atoms with Gasteiger partial charge in [-0.05, 0) is 96.9 Å². The van der Waals surface area contributed by atoms with Crippen LogP contribution in [0, 0.1) is 11.3 Å². The molecule has 1 saturated heterocycles. The first kappa shape index (κ1) is 25.1. The van der Waals surface area contributed by atoms with Crippen molar-refractivity contribution in [3.8, 4) is 0 Å². The van der Waals surface area contributed by atoms with Crippen LogP contribution in [0.1, 0.15) is 107 Å². The summed E-state index contributed by atoms with van der Waals surface area (Å²) in [6, 6.07) is 18.5. The molecule has 2 fully saturated rings. The molecule has 1 aliphatic carbocycles. The standard InChI is InChI=1S/C33H47N/c1-5-8-13-30-16-17-31(23-28(30)7-3)26(4)34-20-18-33(19-21-34)24-27(12-6-2)22-32(25-33)29-14-10-9-11-15-29/h9-11,14-17,23,27,32H,4-8,12-13,18-22,24-25H2,1-3H3. The molecular weight excluding hydrogens is 410 g/mol. The molecule has 0 N–H and O–H groups in total. The Bertz CT molecular complexity index is 919. The number of unbranched alkanes of at least 4 members (excludes halogenated alkanes) is 1. The summed E-state index contributed by atoms with van der Waals surface area (Å²) in [5, 5.41) is 0. The van der Waals surface area contributed by atoms with Crippen LogP contribution in [0.4, 0.5) is 0 Å². The zero-order valence-corrected chi connectivity index (χ0v) is 22.1. The Morgan fingerprint density at radius 1 is 0.941 bits per heavy atom. The number of hydrogen-bond donors (Lipinski definition) is 0. The van der Waals surface area contributed by atoms with Crippen LogP contribution in [0.3, 0.4) is 0 Å². The van der Waals surface area contributed by atoms with Crippen molar-refractivity contribution in [3.05, 3.63) is 77.4 Å². The maximum atomic E-state index is 4.58. The molecule has 2 atom stereocenters. The quantitative estimate of drug-likeness (QED) is 0.363. The summed E-state index contributed by atoms with van der Waals surface area (Å²) in [6.45, 7) is 13.9. The Morgan fingerprint density at radius 3 is 2.38 bits per heavy atom. The molecule has 2 aliphatic rings. The highest BCUT2D eigenvalue weighted by Gasteiger charge is 2.42. The van der Waals surface area contributed by atoms with Crippen LogP contribution < -0.4 is 0 Å². The van der Waals surface area contributed by atoms with Gasteiger partial charge in [0.15, 0.2) is 0 Å². The van der Waals surface area contributed by atoms with Gasteiger partial charge in [-0.25, -0.2) is 0 Å². The van der Waals surface area contributed by atoms with Gasteiger partial charge >= 0.3 is 0 Å². The number of nitrogens with zero attached hydrogens (tertiary/aromatic N) is 1. The molecule has 1 nitrogen and oxygen atoms in total. The van der Waals surface area contributed by atoms with Gasteiger partial charge in [-0.3, -0.25) is 0 Å². The van der Waals surface area contributed by atoms with Gasteiger partial charge < -0.3 is 4.90 Å². The van der Waals surface area contributed by atoms with E-state index in [4.69, 9.17) is 0 Å². The Balaban J connectivity index is 1.44. The molecule has 0 amide bonds. The normalized spacial score (nSPS) is 22.1. The SMILES string of the molecule is C=C(c1ccc(CCCC)c(CC)c1)N1CCC2(CC1)CC(CCC)CC(c1ccccc1)C2. The minimum absolute atomic E-state index is 0.522. The van der Waals surface area contributed by atoms with Crippen molar-refractivity contribution in [3.63, 3.8) is 0 Å². The van der Waals surface area contributed by atoms with E-state index in [-0.39, 0.29) is 0 Å². The van der Waals surface area contributed by atoms with E-state index in [9.17, 15) is 0 Å². The summed E-state index contributed by atoms with van der Waals surface area (Å²) in [5.41, 5.74) is 7.73. The first-order chi connectivity index (χ1) is 16.6. The van der Waals surface area contributed by atoms with Gasteiger partial charge in [0.25, 0.3) is 0 Å². The molecule has 2 aromatic carbocycles. The van der Waals surface area contributed by atoms with E-state index in [0.717, 1.165) is 31.3 Å². The highest BCUT2D eigenvalue weighted by molar-refractivity contribution is 5.63. The van der Waals surface area contributed by atoms with Crippen LogP contribution in [0.25, 0.3) is 5.70 Å². The molecule has 1 heterocycles. The van der Waals surface area contributed by atoms with Gasteiger partial charge in [-0.1, -0.05) is 89.1 Å². The zero-order chi connectivity index (χ0) is 24.0. The molecule has 1 aliphatic heterocycles. The third-order valence-corrected chi connectivity index (χ3v) is 8.91. The van der Waals surface area contributed by atoms with Gasteiger partial charge in [-0.2, -0.15) is 0 Å². The van der Waals surface area contributed by atoms with Crippen LogP contribution in [0.2, 0.25) is 0 Å². The lowest BCUT2D eigenvalue weighted by Gasteiger charge is -2.50. The minimum atomic E-state index is 0.522. The van der Waals surface area contributed by atoms with Gasteiger partial charge in [0.1, 0.15) is 0 Å². The third-order valence-electron chi connectivity index (χ3n) is 8.91. The second-order valence-electron chi connectivity index (χ2n) is 11.3. The number of likely N-dealkylation sites (tertiary alicyclic amines) is 1. The smallest absolute Gasteiger partial charge is 0.0366 e. The van der Waals surface area contributed by atoms with Crippen molar-refractivity contribution < 1.29 is 0 Å². The first-order valence-corrected chi connectivity index (χ1v) is 14.2. The fourth-order valence-corrected chi connectivity index (χ4v) is 6.98. The van der Waals surface area contributed by atoms with E-state index in [1.807, 2.05) is 0 Å². The molecule has 1 heteroatoms. The van der Waals surface area contributed by atoms with Crippen LogP contribution in [-0.2, 0) is 12.8 Å². The lowest BCUT2D eigenvalue weighted by molar-refractivity contribution is 0.0510. The van der Waals surface area contributed by atoms with Crippen molar-refractivity contribution in [1.29, 1.82) is 0 Å². The van der Waals surface area contributed by atoms with E-state index in [2.05, 4.69) is 80.8 Å². The number of piperidine rings is 1. The topological polar surface area (TPSA) is 3.24 Å². The fourth-order valence-electron chi connectivity index (χ4n) is 6.98. The van der Waals surface area contributed by atoms with Crippen molar-refractivity contribution in [1.82, 2.24) is 4.90 Å². The molecule has 184 valence electrons. The van der Waals surface area contributed by atoms with Crippen LogP contribution in [0.5, 0.6) is 0 Å². The maximum Gasteiger partial charge on any atom is 0.0366 e. The molecule has 0 radical (unpaired) electrons. The van der Waals surface area contributed by atoms with Gasteiger partial charge in [0, 0.05) is 18.8 Å². The molecular formula is C33H47N. The van der Waals surface area contributed by atoms with Crippen LogP contribution in [0.15, 0.2) is 55.1 Å². The third kappa shape index (κ3) is 5.78. The molecule has 1 saturated carbocycles. The Kier molecular flexibility index (Phi) is 8.56. The van der Waals surface area contributed by atoms with Gasteiger partial charge in [0.2, 0.25) is 0 Å². The second-order valence-corrected chi connectivity index (χ2v) is 11.3.